The number of nitrogens with zero attached hydrogens (tertiary/aromatic N) is 1. The number of carboxylic acids is 1. The second kappa shape index (κ2) is 4.08. The van der Waals surface area contributed by atoms with E-state index in [0.29, 0.717) is 17.5 Å². The van der Waals surface area contributed by atoms with E-state index in [1.807, 2.05) is 0 Å². The molecule has 0 aliphatic heterocycles. The zero-order chi connectivity index (χ0) is 13.5. The van der Waals surface area contributed by atoms with Crippen molar-refractivity contribution < 1.29 is 19.1 Å². The monoisotopic (exact) mass is 251 g/mol. The molecule has 1 N–H and O–H groups in total. The van der Waals surface area contributed by atoms with Crippen molar-refractivity contribution in [1.82, 2.24) is 4.90 Å². The molecule has 0 heterocycles. The molecule has 0 radical (unpaired) electrons. The van der Waals surface area contributed by atoms with Crippen LogP contribution >= 0.6 is 0 Å². The summed E-state index contributed by atoms with van der Waals surface area (Å²) in [6.45, 7) is 1.31. The van der Waals surface area contributed by atoms with Crippen LogP contribution in [0.4, 0.5) is 4.39 Å². The van der Waals surface area contributed by atoms with E-state index in [2.05, 4.69) is 0 Å². The first-order valence-electron chi connectivity index (χ1n) is 5.67. The van der Waals surface area contributed by atoms with Crippen molar-refractivity contribution in [1.29, 1.82) is 0 Å². The third-order valence-electron chi connectivity index (χ3n) is 3.70. The summed E-state index contributed by atoms with van der Waals surface area (Å²) in [5, 5.41) is 9.50. The lowest BCUT2D eigenvalue weighted by atomic mass is 9.90. The highest BCUT2D eigenvalue weighted by Crippen LogP contribution is 2.42. The highest BCUT2D eigenvalue weighted by Gasteiger charge is 2.50. The van der Waals surface area contributed by atoms with Gasteiger partial charge in [-0.25, -0.2) is 9.18 Å². The molecule has 1 aliphatic rings. The third kappa shape index (κ3) is 1.50. The van der Waals surface area contributed by atoms with Gasteiger partial charge in [-0.3, -0.25) is 4.79 Å². The topological polar surface area (TPSA) is 57.6 Å². The van der Waals surface area contributed by atoms with E-state index in [9.17, 15) is 19.1 Å². The van der Waals surface area contributed by atoms with E-state index in [4.69, 9.17) is 0 Å². The van der Waals surface area contributed by atoms with Crippen LogP contribution in [0, 0.1) is 5.82 Å². The third-order valence-corrected chi connectivity index (χ3v) is 3.70. The SMILES string of the molecule is CC(=O)N(C)C1(C(=O)O)CCc2c(F)cccc21. The Morgan fingerprint density at radius 3 is 2.67 bits per heavy atom. The number of likely N-dealkylation sites (N-methyl/N-ethyl adjacent to an activating group) is 1. The molecule has 1 atom stereocenters. The van der Waals surface area contributed by atoms with Crippen molar-refractivity contribution in [3.8, 4) is 0 Å². The smallest absolute Gasteiger partial charge is 0.334 e. The number of hydrogen-bond donors (Lipinski definition) is 1. The Kier molecular flexibility index (Phi) is 2.84. The Morgan fingerprint density at radius 2 is 2.11 bits per heavy atom. The molecule has 1 amide bonds. The summed E-state index contributed by atoms with van der Waals surface area (Å²) in [6.07, 6.45) is 0.528. The standard InChI is InChI=1S/C13H14FNO3/c1-8(16)15(2)13(12(17)18)7-6-9-10(13)4-3-5-11(9)14/h3-5H,6-7H2,1-2H3,(H,17,18). The molecule has 4 nitrogen and oxygen atoms in total. The van der Waals surface area contributed by atoms with Crippen LogP contribution in [0.15, 0.2) is 18.2 Å². The number of amides is 1. The van der Waals surface area contributed by atoms with Crippen molar-refractivity contribution in [2.45, 2.75) is 25.3 Å². The molecule has 0 bridgehead atoms. The molecule has 1 aliphatic carbocycles. The molecular weight excluding hydrogens is 237 g/mol. The predicted octanol–water partition coefficient (Wildman–Crippen LogP) is 1.53. The zero-order valence-corrected chi connectivity index (χ0v) is 10.2. The molecule has 0 saturated carbocycles. The molecule has 0 fully saturated rings. The van der Waals surface area contributed by atoms with Crippen molar-refractivity contribution in [3.63, 3.8) is 0 Å². The van der Waals surface area contributed by atoms with E-state index in [0.717, 1.165) is 0 Å². The lowest BCUT2D eigenvalue weighted by molar-refractivity contribution is -0.157. The van der Waals surface area contributed by atoms with Crippen LogP contribution in [0.3, 0.4) is 0 Å². The van der Waals surface area contributed by atoms with Gasteiger partial charge in [-0.2, -0.15) is 0 Å². The van der Waals surface area contributed by atoms with Crippen LogP contribution in [-0.2, 0) is 21.5 Å². The molecule has 2 rings (SSSR count). The second-order valence-corrected chi connectivity index (χ2v) is 4.51. The number of carboxylic acid groups (broad SMARTS) is 1. The number of halogens is 1. The van der Waals surface area contributed by atoms with Gasteiger partial charge in [0.15, 0.2) is 5.54 Å². The van der Waals surface area contributed by atoms with Gasteiger partial charge in [0.05, 0.1) is 0 Å². The van der Waals surface area contributed by atoms with Crippen LogP contribution < -0.4 is 0 Å². The van der Waals surface area contributed by atoms with Crippen LogP contribution in [-0.4, -0.2) is 28.9 Å². The number of carbonyl (C=O) groups excluding carboxylic acids is 1. The van der Waals surface area contributed by atoms with Gasteiger partial charge in [-0.15, -0.1) is 0 Å². The fraction of sp³-hybridized carbons (Fsp3) is 0.385. The molecule has 1 aromatic rings. The van der Waals surface area contributed by atoms with Gasteiger partial charge < -0.3 is 10.0 Å². The van der Waals surface area contributed by atoms with Crippen LogP contribution in [0.2, 0.25) is 0 Å². The first-order valence-corrected chi connectivity index (χ1v) is 5.67. The van der Waals surface area contributed by atoms with Crippen LogP contribution in [0.5, 0.6) is 0 Å². The molecule has 1 unspecified atom stereocenters. The first kappa shape index (κ1) is 12.5. The molecule has 18 heavy (non-hydrogen) atoms. The summed E-state index contributed by atoms with van der Waals surface area (Å²) in [5.74, 6) is -1.88. The van der Waals surface area contributed by atoms with Crippen LogP contribution in [0.1, 0.15) is 24.5 Å². The number of fused-ring (bicyclic) bond motifs is 1. The fourth-order valence-electron chi connectivity index (χ4n) is 2.62. The normalized spacial score (nSPS) is 21.5. The maximum atomic E-state index is 13.7. The number of benzene rings is 1. The average molecular weight is 251 g/mol. The zero-order valence-electron chi connectivity index (χ0n) is 10.2. The highest BCUT2D eigenvalue weighted by atomic mass is 19.1. The number of rotatable bonds is 2. The minimum absolute atomic E-state index is 0.203. The number of carbonyl (C=O) groups is 2. The maximum absolute atomic E-state index is 13.7. The molecule has 0 spiro atoms. The lowest BCUT2D eigenvalue weighted by Crippen LogP contribution is -2.50. The molecule has 0 saturated heterocycles. The van der Waals surface area contributed by atoms with E-state index < -0.39 is 17.3 Å². The van der Waals surface area contributed by atoms with Crippen molar-refractivity contribution in [2.75, 3.05) is 7.05 Å². The molecule has 0 aromatic heterocycles. The Morgan fingerprint density at radius 1 is 1.44 bits per heavy atom. The Balaban J connectivity index is 2.65. The summed E-state index contributed by atoms with van der Waals surface area (Å²) in [5.41, 5.74) is -0.663. The Bertz CT molecular complexity index is 529. The number of hydrogen-bond acceptors (Lipinski definition) is 2. The van der Waals surface area contributed by atoms with Gasteiger partial charge in [-0.05, 0) is 30.0 Å². The van der Waals surface area contributed by atoms with E-state index in [1.165, 1.54) is 31.0 Å². The van der Waals surface area contributed by atoms with Gasteiger partial charge >= 0.3 is 5.97 Å². The minimum atomic E-state index is -1.44. The minimum Gasteiger partial charge on any atom is -0.479 e. The maximum Gasteiger partial charge on any atom is 0.334 e. The lowest BCUT2D eigenvalue weighted by Gasteiger charge is -2.35. The second-order valence-electron chi connectivity index (χ2n) is 4.51. The van der Waals surface area contributed by atoms with Crippen molar-refractivity contribution >= 4 is 11.9 Å². The molecule has 5 heteroatoms. The van der Waals surface area contributed by atoms with E-state index in [-0.39, 0.29) is 12.3 Å². The molecule has 96 valence electrons. The van der Waals surface area contributed by atoms with Crippen molar-refractivity contribution in [3.05, 3.63) is 35.1 Å². The van der Waals surface area contributed by atoms with Gasteiger partial charge in [-0.1, -0.05) is 12.1 Å². The fourth-order valence-corrected chi connectivity index (χ4v) is 2.62. The Hall–Kier alpha value is -1.91. The summed E-state index contributed by atoms with van der Waals surface area (Å²) < 4.78 is 13.7. The van der Waals surface area contributed by atoms with Gasteiger partial charge in [0.25, 0.3) is 0 Å². The largest absolute Gasteiger partial charge is 0.479 e. The highest BCUT2D eigenvalue weighted by molar-refractivity contribution is 5.88. The summed E-state index contributed by atoms with van der Waals surface area (Å²) in [6, 6.07) is 4.37. The van der Waals surface area contributed by atoms with Crippen LogP contribution in [0.25, 0.3) is 0 Å². The summed E-state index contributed by atoms with van der Waals surface area (Å²) in [4.78, 5) is 24.3. The average Bonchev–Trinajstić information content (AvgIpc) is 2.70. The summed E-state index contributed by atoms with van der Waals surface area (Å²) in [7, 11) is 1.44. The van der Waals surface area contributed by atoms with Gasteiger partial charge in [0.2, 0.25) is 5.91 Å². The molecular formula is C13H14FNO3. The predicted molar refractivity (Wildman–Crippen MR) is 62.5 cm³/mol. The quantitative estimate of drug-likeness (QED) is 0.867. The van der Waals surface area contributed by atoms with Gasteiger partial charge in [0.1, 0.15) is 5.82 Å². The Labute approximate surface area is 104 Å². The van der Waals surface area contributed by atoms with Crippen molar-refractivity contribution in [2.24, 2.45) is 0 Å². The number of aliphatic carboxylic acids is 1. The van der Waals surface area contributed by atoms with Gasteiger partial charge in [0, 0.05) is 14.0 Å². The first-order chi connectivity index (χ1) is 8.41. The molecule has 1 aromatic carbocycles. The van der Waals surface area contributed by atoms with E-state index in [1.54, 1.807) is 6.07 Å². The summed E-state index contributed by atoms with van der Waals surface area (Å²) >= 11 is 0. The van der Waals surface area contributed by atoms with E-state index >= 15 is 0 Å².